The van der Waals surface area contributed by atoms with E-state index in [2.05, 4.69) is 26.2 Å². The number of hydrogen-bond acceptors (Lipinski definition) is 0. The zero-order valence-corrected chi connectivity index (χ0v) is 7.06. The highest BCUT2D eigenvalue weighted by Crippen LogP contribution is 2.07. The van der Waals surface area contributed by atoms with Gasteiger partial charge in [-0.25, -0.2) is 0 Å². The Morgan fingerprint density at radius 2 is 2.20 bits per heavy atom. The molecule has 0 N–H and O–H groups in total. The summed E-state index contributed by atoms with van der Waals surface area (Å²) >= 11 is 0. The Bertz CT molecular complexity index is 97.1. The van der Waals surface area contributed by atoms with Crippen LogP contribution in [-0.2, 0) is 0 Å². The molecule has 0 heteroatoms. The van der Waals surface area contributed by atoms with Crippen LogP contribution in [0.15, 0.2) is 0 Å². The van der Waals surface area contributed by atoms with Gasteiger partial charge in [-0.05, 0) is 19.3 Å². The highest BCUT2D eigenvalue weighted by molar-refractivity contribution is 4.90. The van der Waals surface area contributed by atoms with Crippen molar-refractivity contribution in [2.45, 2.75) is 39.5 Å². The van der Waals surface area contributed by atoms with Crippen LogP contribution in [0.1, 0.15) is 39.5 Å². The molecule has 1 radical (unpaired) electrons. The second-order valence-corrected chi connectivity index (χ2v) is 2.72. The Balaban J connectivity index is 2.98. The minimum Gasteiger partial charge on any atom is -0.120 e. The normalized spacial score (nSPS) is 12.5. The summed E-state index contributed by atoms with van der Waals surface area (Å²) < 4.78 is 0. The maximum atomic E-state index is 5.22. The van der Waals surface area contributed by atoms with Crippen molar-refractivity contribution in [1.29, 1.82) is 0 Å². The van der Waals surface area contributed by atoms with Gasteiger partial charge in [-0.2, -0.15) is 0 Å². The van der Waals surface area contributed by atoms with Gasteiger partial charge in [0.1, 0.15) is 0 Å². The molecule has 1 unspecified atom stereocenters. The first-order valence-electron chi connectivity index (χ1n) is 4.09. The third kappa shape index (κ3) is 5.69. The minimum atomic E-state index is 0.452. The van der Waals surface area contributed by atoms with Crippen LogP contribution in [-0.4, -0.2) is 0 Å². The average Bonchev–Trinajstić information content (AvgIpc) is 1.98. The molecule has 0 aliphatic carbocycles. The molecule has 0 saturated heterocycles. The topological polar surface area (TPSA) is 0 Å². The van der Waals surface area contributed by atoms with Crippen molar-refractivity contribution in [3.63, 3.8) is 0 Å². The average molecular weight is 137 g/mol. The first kappa shape index (κ1) is 9.56. The van der Waals surface area contributed by atoms with E-state index in [-0.39, 0.29) is 0 Å². The van der Waals surface area contributed by atoms with E-state index in [1.165, 1.54) is 19.3 Å². The maximum absolute atomic E-state index is 5.22. The van der Waals surface area contributed by atoms with Crippen LogP contribution in [0.2, 0.25) is 0 Å². The van der Waals surface area contributed by atoms with Crippen LogP contribution in [0, 0.1) is 24.7 Å². The van der Waals surface area contributed by atoms with Gasteiger partial charge in [0.25, 0.3) is 0 Å². The summed E-state index contributed by atoms with van der Waals surface area (Å²) in [6.45, 7) is 4.29. The number of terminal acetylenes is 1. The molecular weight excluding hydrogens is 120 g/mol. The molecule has 0 aliphatic heterocycles. The predicted octanol–water partition coefficient (Wildman–Crippen LogP) is 3.04. The summed E-state index contributed by atoms with van der Waals surface area (Å²) in [7, 11) is 0. The Hall–Kier alpha value is -0.440. The van der Waals surface area contributed by atoms with Crippen LogP contribution >= 0.6 is 0 Å². The molecule has 0 bridgehead atoms. The van der Waals surface area contributed by atoms with Gasteiger partial charge in [0.15, 0.2) is 0 Å². The van der Waals surface area contributed by atoms with E-state index in [1.807, 2.05) is 0 Å². The van der Waals surface area contributed by atoms with Gasteiger partial charge < -0.3 is 0 Å². The summed E-state index contributed by atoms with van der Waals surface area (Å²) in [5, 5.41) is 0. The van der Waals surface area contributed by atoms with Crippen molar-refractivity contribution in [1.82, 2.24) is 0 Å². The zero-order chi connectivity index (χ0) is 7.82. The van der Waals surface area contributed by atoms with Gasteiger partial charge in [-0.3, -0.25) is 0 Å². The lowest BCUT2D eigenvalue weighted by atomic mass is 10.0. The second-order valence-electron chi connectivity index (χ2n) is 2.72. The molecule has 0 nitrogen and oxygen atoms in total. The Morgan fingerprint density at radius 3 is 2.70 bits per heavy atom. The standard InChI is InChI=1S/C10H17/c1-4-6-7-8-9-10(3)5-2/h2,7,10H,4,6,8-9H2,1,3H3. The molecule has 0 fully saturated rings. The lowest BCUT2D eigenvalue weighted by molar-refractivity contribution is 0.644. The van der Waals surface area contributed by atoms with Gasteiger partial charge in [-0.1, -0.05) is 26.7 Å². The van der Waals surface area contributed by atoms with Gasteiger partial charge in [0.05, 0.1) is 0 Å². The molecule has 0 aliphatic rings. The quantitative estimate of drug-likeness (QED) is 0.403. The van der Waals surface area contributed by atoms with Crippen LogP contribution in [0.25, 0.3) is 0 Å². The van der Waals surface area contributed by atoms with Gasteiger partial charge in [0.2, 0.25) is 0 Å². The smallest absolute Gasteiger partial charge is 0.0172 e. The lowest BCUT2D eigenvalue weighted by Gasteiger charge is -2.01. The summed E-state index contributed by atoms with van der Waals surface area (Å²) in [6.07, 6.45) is 12.4. The van der Waals surface area contributed by atoms with Crippen molar-refractivity contribution in [3.8, 4) is 12.3 Å². The molecule has 0 spiro atoms. The fourth-order valence-electron chi connectivity index (χ4n) is 0.800. The number of rotatable bonds is 5. The monoisotopic (exact) mass is 137 g/mol. The fraction of sp³-hybridized carbons (Fsp3) is 0.700. The van der Waals surface area contributed by atoms with Crippen LogP contribution < -0.4 is 0 Å². The molecular formula is C10H17. The molecule has 0 aromatic carbocycles. The first-order valence-corrected chi connectivity index (χ1v) is 4.09. The van der Waals surface area contributed by atoms with Gasteiger partial charge in [0, 0.05) is 5.92 Å². The fourth-order valence-corrected chi connectivity index (χ4v) is 0.800. The number of unbranched alkanes of at least 4 members (excludes halogenated alkanes) is 3. The van der Waals surface area contributed by atoms with E-state index < -0.39 is 0 Å². The molecule has 57 valence electrons. The van der Waals surface area contributed by atoms with E-state index >= 15 is 0 Å². The lowest BCUT2D eigenvalue weighted by Crippen LogP contribution is -1.89. The molecule has 0 amide bonds. The van der Waals surface area contributed by atoms with Gasteiger partial charge in [-0.15, -0.1) is 12.3 Å². The Kier molecular flexibility index (Phi) is 6.38. The highest BCUT2D eigenvalue weighted by Gasteiger charge is 1.94. The van der Waals surface area contributed by atoms with Crippen LogP contribution in [0.4, 0.5) is 0 Å². The molecule has 0 saturated carbocycles. The molecule has 0 rings (SSSR count). The van der Waals surface area contributed by atoms with Crippen molar-refractivity contribution < 1.29 is 0 Å². The zero-order valence-electron chi connectivity index (χ0n) is 7.06. The third-order valence-corrected chi connectivity index (χ3v) is 1.58. The van der Waals surface area contributed by atoms with Crippen molar-refractivity contribution >= 4 is 0 Å². The van der Waals surface area contributed by atoms with Crippen molar-refractivity contribution in [2.75, 3.05) is 0 Å². The van der Waals surface area contributed by atoms with E-state index in [1.54, 1.807) is 0 Å². The van der Waals surface area contributed by atoms with E-state index in [9.17, 15) is 0 Å². The van der Waals surface area contributed by atoms with Crippen molar-refractivity contribution in [2.24, 2.45) is 5.92 Å². The van der Waals surface area contributed by atoms with E-state index in [0.29, 0.717) is 5.92 Å². The predicted molar refractivity (Wildman–Crippen MR) is 46.4 cm³/mol. The number of hydrogen-bond donors (Lipinski definition) is 0. The SMILES string of the molecule is C#CC(C)CC[CH]CCC. The summed E-state index contributed by atoms with van der Waals surface area (Å²) in [5.41, 5.74) is 0. The molecule has 10 heavy (non-hydrogen) atoms. The summed E-state index contributed by atoms with van der Waals surface area (Å²) in [4.78, 5) is 0. The third-order valence-electron chi connectivity index (χ3n) is 1.58. The molecule has 0 aromatic heterocycles. The Morgan fingerprint density at radius 1 is 1.50 bits per heavy atom. The van der Waals surface area contributed by atoms with Crippen molar-refractivity contribution in [3.05, 3.63) is 6.42 Å². The molecule has 0 heterocycles. The maximum Gasteiger partial charge on any atom is 0.0172 e. The second kappa shape index (κ2) is 6.68. The summed E-state index contributed by atoms with van der Waals surface area (Å²) in [5.74, 6) is 3.17. The molecule has 0 aromatic rings. The largest absolute Gasteiger partial charge is 0.120 e. The molecule has 1 atom stereocenters. The summed E-state index contributed by atoms with van der Waals surface area (Å²) in [6, 6.07) is 0. The van der Waals surface area contributed by atoms with Crippen LogP contribution in [0.3, 0.4) is 0 Å². The first-order chi connectivity index (χ1) is 4.81. The van der Waals surface area contributed by atoms with Crippen LogP contribution in [0.5, 0.6) is 0 Å². The van der Waals surface area contributed by atoms with Gasteiger partial charge >= 0.3 is 0 Å². The van der Waals surface area contributed by atoms with E-state index in [0.717, 1.165) is 6.42 Å². The van der Waals surface area contributed by atoms with E-state index in [4.69, 9.17) is 6.42 Å². The Labute approximate surface area is 65.0 Å². The minimum absolute atomic E-state index is 0.452. The highest BCUT2D eigenvalue weighted by atomic mass is 14.0.